The molecule has 92 valence electrons. The fraction of sp³-hybridized carbons (Fsp3) is 0.188. The number of hydrogen-bond donors (Lipinski definition) is 1. The summed E-state index contributed by atoms with van der Waals surface area (Å²) in [5, 5.41) is 2.92. The Morgan fingerprint density at radius 3 is 2.33 bits per heavy atom. The van der Waals surface area contributed by atoms with E-state index in [2.05, 4.69) is 36.5 Å². The van der Waals surface area contributed by atoms with Crippen molar-refractivity contribution in [3.8, 4) is 0 Å². The molecule has 2 rings (SSSR count). The molecule has 0 bridgehead atoms. The largest absolute Gasteiger partial charge is 0.352 e. The molecule has 0 aliphatic heterocycles. The quantitative estimate of drug-likeness (QED) is 0.873. The van der Waals surface area contributed by atoms with Gasteiger partial charge in [-0.3, -0.25) is 4.79 Å². The second-order valence-electron chi connectivity index (χ2n) is 4.36. The van der Waals surface area contributed by atoms with Crippen molar-refractivity contribution in [2.24, 2.45) is 0 Å². The summed E-state index contributed by atoms with van der Waals surface area (Å²) in [6, 6.07) is 17.7. The van der Waals surface area contributed by atoms with Crippen LogP contribution in [0.25, 0.3) is 0 Å². The van der Waals surface area contributed by atoms with Gasteiger partial charge in [-0.2, -0.15) is 0 Å². The number of hydrogen-bond acceptors (Lipinski definition) is 1. The van der Waals surface area contributed by atoms with E-state index in [0.717, 1.165) is 6.42 Å². The summed E-state index contributed by atoms with van der Waals surface area (Å²) in [4.78, 5) is 11.8. The SMILES string of the molecule is Cc1ccc(CCNC(=O)c2ccccc2)cc1. The van der Waals surface area contributed by atoms with Gasteiger partial charge >= 0.3 is 0 Å². The van der Waals surface area contributed by atoms with Gasteiger partial charge in [0, 0.05) is 12.1 Å². The standard InChI is InChI=1S/C16H17NO/c1-13-7-9-14(10-8-13)11-12-17-16(18)15-5-3-2-4-6-15/h2-10H,11-12H2,1H3,(H,17,18). The molecule has 0 saturated heterocycles. The third kappa shape index (κ3) is 3.45. The number of benzene rings is 2. The van der Waals surface area contributed by atoms with E-state index in [4.69, 9.17) is 0 Å². The molecule has 2 heteroatoms. The lowest BCUT2D eigenvalue weighted by Crippen LogP contribution is -2.25. The van der Waals surface area contributed by atoms with Crippen LogP contribution in [-0.4, -0.2) is 12.5 Å². The van der Waals surface area contributed by atoms with Crippen LogP contribution in [0.5, 0.6) is 0 Å². The monoisotopic (exact) mass is 239 g/mol. The first kappa shape index (κ1) is 12.4. The number of carbonyl (C=O) groups is 1. The van der Waals surface area contributed by atoms with Gasteiger partial charge in [-0.15, -0.1) is 0 Å². The summed E-state index contributed by atoms with van der Waals surface area (Å²) >= 11 is 0. The molecule has 0 unspecified atom stereocenters. The molecule has 0 atom stereocenters. The molecule has 18 heavy (non-hydrogen) atoms. The van der Waals surface area contributed by atoms with Crippen LogP contribution >= 0.6 is 0 Å². The molecule has 0 radical (unpaired) electrons. The van der Waals surface area contributed by atoms with E-state index < -0.39 is 0 Å². The Morgan fingerprint density at radius 2 is 1.67 bits per heavy atom. The van der Waals surface area contributed by atoms with Crippen molar-refractivity contribution in [1.29, 1.82) is 0 Å². The smallest absolute Gasteiger partial charge is 0.251 e. The highest BCUT2D eigenvalue weighted by Crippen LogP contribution is 2.03. The average molecular weight is 239 g/mol. The molecular formula is C16H17NO. The molecule has 0 spiro atoms. The fourth-order valence-electron chi connectivity index (χ4n) is 1.77. The first-order valence-corrected chi connectivity index (χ1v) is 6.14. The van der Waals surface area contributed by atoms with Crippen molar-refractivity contribution in [2.75, 3.05) is 6.54 Å². The van der Waals surface area contributed by atoms with E-state index in [1.165, 1.54) is 11.1 Å². The number of carbonyl (C=O) groups excluding carboxylic acids is 1. The first-order chi connectivity index (χ1) is 8.75. The van der Waals surface area contributed by atoms with Gasteiger partial charge in [-0.25, -0.2) is 0 Å². The Morgan fingerprint density at radius 1 is 1.00 bits per heavy atom. The molecule has 0 heterocycles. The molecule has 2 aromatic rings. The summed E-state index contributed by atoms with van der Waals surface area (Å²) in [6.45, 7) is 2.73. The van der Waals surface area contributed by atoms with E-state index in [9.17, 15) is 4.79 Å². The topological polar surface area (TPSA) is 29.1 Å². The van der Waals surface area contributed by atoms with Crippen molar-refractivity contribution in [2.45, 2.75) is 13.3 Å². The normalized spacial score (nSPS) is 10.1. The van der Waals surface area contributed by atoms with Crippen LogP contribution in [-0.2, 0) is 6.42 Å². The Hall–Kier alpha value is -2.09. The van der Waals surface area contributed by atoms with Crippen molar-refractivity contribution in [3.05, 3.63) is 71.3 Å². The molecule has 0 aromatic heterocycles. The highest BCUT2D eigenvalue weighted by Gasteiger charge is 2.02. The highest BCUT2D eigenvalue weighted by molar-refractivity contribution is 5.94. The van der Waals surface area contributed by atoms with Crippen LogP contribution in [0, 0.1) is 6.92 Å². The zero-order valence-corrected chi connectivity index (χ0v) is 10.5. The molecule has 2 nitrogen and oxygen atoms in total. The van der Waals surface area contributed by atoms with Gasteiger partial charge in [-0.05, 0) is 31.0 Å². The number of amides is 1. The minimum Gasteiger partial charge on any atom is -0.352 e. The van der Waals surface area contributed by atoms with Gasteiger partial charge in [0.15, 0.2) is 0 Å². The Bertz CT molecular complexity index is 502. The lowest BCUT2D eigenvalue weighted by Gasteiger charge is -2.05. The van der Waals surface area contributed by atoms with Crippen LogP contribution < -0.4 is 5.32 Å². The molecular weight excluding hydrogens is 222 g/mol. The van der Waals surface area contributed by atoms with Gasteiger partial charge in [0.05, 0.1) is 0 Å². The van der Waals surface area contributed by atoms with Gasteiger partial charge in [0.2, 0.25) is 0 Å². The maximum atomic E-state index is 11.8. The van der Waals surface area contributed by atoms with E-state index in [1.807, 2.05) is 30.3 Å². The number of rotatable bonds is 4. The fourth-order valence-corrected chi connectivity index (χ4v) is 1.77. The predicted molar refractivity (Wildman–Crippen MR) is 73.7 cm³/mol. The van der Waals surface area contributed by atoms with Crippen molar-refractivity contribution < 1.29 is 4.79 Å². The van der Waals surface area contributed by atoms with Crippen LogP contribution in [0.1, 0.15) is 21.5 Å². The van der Waals surface area contributed by atoms with Gasteiger partial charge in [0.1, 0.15) is 0 Å². The van der Waals surface area contributed by atoms with E-state index in [1.54, 1.807) is 0 Å². The minimum absolute atomic E-state index is 0.0114. The maximum absolute atomic E-state index is 11.8. The third-order valence-electron chi connectivity index (χ3n) is 2.86. The van der Waals surface area contributed by atoms with Crippen LogP contribution in [0.15, 0.2) is 54.6 Å². The maximum Gasteiger partial charge on any atom is 0.251 e. The highest BCUT2D eigenvalue weighted by atomic mass is 16.1. The molecule has 2 aromatic carbocycles. The second-order valence-corrected chi connectivity index (χ2v) is 4.36. The number of nitrogens with one attached hydrogen (secondary N) is 1. The van der Waals surface area contributed by atoms with Crippen LogP contribution in [0.4, 0.5) is 0 Å². The van der Waals surface area contributed by atoms with E-state index in [-0.39, 0.29) is 5.91 Å². The molecule has 0 fully saturated rings. The summed E-state index contributed by atoms with van der Waals surface area (Å²) in [5.74, 6) is -0.0114. The van der Waals surface area contributed by atoms with Gasteiger partial charge < -0.3 is 5.32 Å². The second kappa shape index (κ2) is 6.01. The third-order valence-corrected chi connectivity index (χ3v) is 2.86. The van der Waals surface area contributed by atoms with Crippen LogP contribution in [0.3, 0.4) is 0 Å². The van der Waals surface area contributed by atoms with Crippen molar-refractivity contribution >= 4 is 5.91 Å². The lowest BCUT2D eigenvalue weighted by molar-refractivity contribution is 0.0954. The summed E-state index contributed by atoms with van der Waals surface area (Å²) in [6.07, 6.45) is 0.860. The molecule has 0 aliphatic rings. The Labute approximate surface area is 108 Å². The lowest BCUT2D eigenvalue weighted by atomic mass is 10.1. The van der Waals surface area contributed by atoms with E-state index in [0.29, 0.717) is 12.1 Å². The Kier molecular flexibility index (Phi) is 4.13. The van der Waals surface area contributed by atoms with Crippen molar-refractivity contribution in [3.63, 3.8) is 0 Å². The Balaban J connectivity index is 1.82. The number of aryl methyl sites for hydroxylation is 1. The molecule has 1 amide bonds. The molecule has 1 N–H and O–H groups in total. The molecule has 0 saturated carbocycles. The molecule has 0 aliphatic carbocycles. The zero-order chi connectivity index (χ0) is 12.8. The minimum atomic E-state index is -0.0114. The summed E-state index contributed by atoms with van der Waals surface area (Å²) in [5.41, 5.74) is 3.21. The van der Waals surface area contributed by atoms with Crippen molar-refractivity contribution in [1.82, 2.24) is 5.32 Å². The van der Waals surface area contributed by atoms with E-state index >= 15 is 0 Å². The first-order valence-electron chi connectivity index (χ1n) is 6.14. The predicted octanol–water partition coefficient (Wildman–Crippen LogP) is 2.97. The average Bonchev–Trinajstić information content (AvgIpc) is 2.42. The van der Waals surface area contributed by atoms with Gasteiger partial charge in [0.25, 0.3) is 5.91 Å². The van der Waals surface area contributed by atoms with Crippen LogP contribution in [0.2, 0.25) is 0 Å². The zero-order valence-electron chi connectivity index (χ0n) is 10.5. The summed E-state index contributed by atoms with van der Waals surface area (Å²) in [7, 11) is 0. The summed E-state index contributed by atoms with van der Waals surface area (Å²) < 4.78 is 0. The van der Waals surface area contributed by atoms with Gasteiger partial charge in [-0.1, -0.05) is 48.0 Å².